The van der Waals surface area contributed by atoms with Crippen molar-refractivity contribution in [2.45, 2.75) is 19.1 Å². The molecule has 7 nitrogen and oxygen atoms in total. The average molecular weight is 369 g/mol. The van der Waals surface area contributed by atoms with Crippen molar-refractivity contribution >= 4 is 11.6 Å². The van der Waals surface area contributed by atoms with Crippen LogP contribution in [0.2, 0.25) is 0 Å². The van der Waals surface area contributed by atoms with E-state index in [1.807, 2.05) is 30.3 Å². The van der Waals surface area contributed by atoms with E-state index in [1.54, 1.807) is 12.3 Å². The first kappa shape index (κ1) is 17.8. The fraction of sp³-hybridized carbons (Fsp3) is 0.400. The Bertz CT molecular complexity index is 784. The first-order valence-corrected chi connectivity index (χ1v) is 9.19. The second kappa shape index (κ2) is 8.37. The summed E-state index contributed by atoms with van der Waals surface area (Å²) in [5.74, 6) is 1.34. The topological polar surface area (TPSA) is 72.9 Å². The highest BCUT2D eigenvalue weighted by molar-refractivity contribution is 5.92. The van der Waals surface area contributed by atoms with E-state index < -0.39 is 0 Å². The fourth-order valence-corrected chi connectivity index (χ4v) is 3.29. The molecule has 2 aromatic rings. The van der Waals surface area contributed by atoms with Crippen LogP contribution < -0.4 is 14.8 Å². The number of nitrogens with one attached hydrogen (secondary N) is 1. The summed E-state index contributed by atoms with van der Waals surface area (Å²) in [4.78, 5) is 18.7. The van der Waals surface area contributed by atoms with Crippen molar-refractivity contribution in [3.8, 4) is 11.5 Å². The van der Waals surface area contributed by atoms with E-state index in [0.717, 1.165) is 25.2 Å². The maximum atomic E-state index is 12.3. The van der Waals surface area contributed by atoms with Crippen LogP contribution in [-0.2, 0) is 16.1 Å². The standard InChI is InChI=1S/C20H23N3O4/c24-20(22-15-4-5-18-19(11-15)26-10-9-25-18)13-23-8-6-17(12-23)27-14-16-3-1-2-7-21-16/h1-5,7,11,17H,6,8-10,12-14H2,(H,22,24). The highest BCUT2D eigenvalue weighted by Gasteiger charge is 2.25. The van der Waals surface area contributed by atoms with Gasteiger partial charge >= 0.3 is 0 Å². The molecule has 0 saturated carbocycles. The Morgan fingerprint density at radius 3 is 2.96 bits per heavy atom. The quantitative estimate of drug-likeness (QED) is 0.841. The van der Waals surface area contributed by atoms with Gasteiger partial charge < -0.3 is 19.5 Å². The Labute approximate surface area is 158 Å². The summed E-state index contributed by atoms with van der Waals surface area (Å²) in [5, 5.41) is 2.92. The molecule has 4 rings (SSSR count). The molecule has 1 fully saturated rings. The van der Waals surface area contributed by atoms with Crippen molar-refractivity contribution in [2.75, 3.05) is 38.2 Å². The lowest BCUT2D eigenvalue weighted by Crippen LogP contribution is -2.32. The average Bonchev–Trinajstić information content (AvgIpc) is 3.14. The summed E-state index contributed by atoms with van der Waals surface area (Å²) >= 11 is 0. The molecule has 1 N–H and O–H groups in total. The summed E-state index contributed by atoms with van der Waals surface area (Å²) in [6, 6.07) is 11.2. The third-order valence-electron chi connectivity index (χ3n) is 4.62. The molecular weight excluding hydrogens is 346 g/mol. The monoisotopic (exact) mass is 369 g/mol. The molecule has 27 heavy (non-hydrogen) atoms. The molecule has 7 heteroatoms. The zero-order chi connectivity index (χ0) is 18.5. The minimum Gasteiger partial charge on any atom is -0.486 e. The summed E-state index contributed by atoms with van der Waals surface area (Å²) in [6.45, 7) is 3.53. The number of hydrogen-bond acceptors (Lipinski definition) is 6. The number of rotatable bonds is 6. The third kappa shape index (κ3) is 4.75. The maximum Gasteiger partial charge on any atom is 0.238 e. The van der Waals surface area contributed by atoms with Gasteiger partial charge in [-0.15, -0.1) is 0 Å². The smallest absolute Gasteiger partial charge is 0.238 e. The van der Waals surface area contributed by atoms with Crippen molar-refractivity contribution in [1.82, 2.24) is 9.88 Å². The van der Waals surface area contributed by atoms with Gasteiger partial charge in [-0.2, -0.15) is 0 Å². The fourth-order valence-electron chi connectivity index (χ4n) is 3.29. The molecule has 0 spiro atoms. The third-order valence-corrected chi connectivity index (χ3v) is 4.62. The molecule has 3 heterocycles. The highest BCUT2D eigenvalue weighted by atomic mass is 16.6. The van der Waals surface area contributed by atoms with E-state index in [4.69, 9.17) is 14.2 Å². The number of anilines is 1. The lowest BCUT2D eigenvalue weighted by molar-refractivity contribution is -0.117. The number of pyridine rings is 1. The summed E-state index contributed by atoms with van der Waals surface area (Å²) < 4.78 is 17.0. The molecule has 0 radical (unpaired) electrons. The molecule has 0 bridgehead atoms. The van der Waals surface area contributed by atoms with Crippen LogP contribution in [0.4, 0.5) is 5.69 Å². The van der Waals surface area contributed by atoms with E-state index in [2.05, 4.69) is 15.2 Å². The first-order valence-electron chi connectivity index (χ1n) is 9.19. The molecule has 1 atom stereocenters. The van der Waals surface area contributed by atoms with E-state index in [9.17, 15) is 4.79 Å². The normalized spacial score (nSPS) is 19.0. The molecule has 0 aliphatic carbocycles. The Kier molecular flexibility index (Phi) is 5.50. The number of aromatic nitrogens is 1. The minimum absolute atomic E-state index is 0.0444. The zero-order valence-electron chi connectivity index (χ0n) is 15.1. The number of carbonyl (C=O) groups excluding carboxylic acids is 1. The van der Waals surface area contributed by atoms with Gasteiger partial charge in [0.25, 0.3) is 0 Å². The largest absolute Gasteiger partial charge is 0.486 e. The number of carbonyl (C=O) groups is 1. The van der Waals surface area contributed by atoms with Crippen LogP contribution in [0.3, 0.4) is 0 Å². The van der Waals surface area contributed by atoms with Crippen LogP contribution in [-0.4, -0.2) is 54.7 Å². The molecule has 1 unspecified atom stereocenters. The van der Waals surface area contributed by atoms with Crippen LogP contribution in [0, 0.1) is 0 Å². The molecular formula is C20H23N3O4. The molecule has 2 aliphatic heterocycles. The van der Waals surface area contributed by atoms with Gasteiger partial charge in [0.1, 0.15) is 13.2 Å². The Morgan fingerprint density at radius 1 is 1.22 bits per heavy atom. The Balaban J connectivity index is 1.23. The van der Waals surface area contributed by atoms with Gasteiger partial charge in [0.15, 0.2) is 11.5 Å². The van der Waals surface area contributed by atoms with E-state index >= 15 is 0 Å². The van der Waals surface area contributed by atoms with Crippen molar-refractivity contribution in [1.29, 1.82) is 0 Å². The van der Waals surface area contributed by atoms with Gasteiger partial charge in [0.2, 0.25) is 5.91 Å². The van der Waals surface area contributed by atoms with Crippen molar-refractivity contribution in [3.63, 3.8) is 0 Å². The Morgan fingerprint density at radius 2 is 2.11 bits per heavy atom. The highest BCUT2D eigenvalue weighted by Crippen LogP contribution is 2.32. The van der Waals surface area contributed by atoms with E-state index in [1.165, 1.54) is 0 Å². The van der Waals surface area contributed by atoms with Crippen LogP contribution in [0.25, 0.3) is 0 Å². The second-order valence-corrected chi connectivity index (χ2v) is 6.68. The van der Waals surface area contributed by atoms with Gasteiger partial charge in [0, 0.05) is 31.0 Å². The number of likely N-dealkylation sites (tertiary alicyclic amines) is 1. The van der Waals surface area contributed by atoms with Gasteiger partial charge in [-0.1, -0.05) is 6.07 Å². The number of nitrogens with zero attached hydrogens (tertiary/aromatic N) is 2. The number of ether oxygens (including phenoxy) is 3. The summed E-state index contributed by atoms with van der Waals surface area (Å²) in [5.41, 5.74) is 1.64. The summed E-state index contributed by atoms with van der Waals surface area (Å²) in [6.07, 6.45) is 2.82. The van der Waals surface area contributed by atoms with Gasteiger partial charge in [-0.25, -0.2) is 0 Å². The molecule has 142 valence electrons. The molecule has 1 aromatic heterocycles. The van der Waals surface area contributed by atoms with Gasteiger partial charge in [-0.3, -0.25) is 14.7 Å². The zero-order valence-corrected chi connectivity index (χ0v) is 15.1. The van der Waals surface area contributed by atoms with E-state index in [0.29, 0.717) is 43.6 Å². The summed E-state index contributed by atoms with van der Waals surface area (Å²) in [7, 11) is 0. The van der Waals surface area contributed by atoms with Crippen LogP contribution in [0.5, 0.6) is 11.5 Å². The SMILES string of the molecule is O=C(CN1CCC(OCc2ccccn2)C1)Nc1ccc2c(c1)OCCO2. The van der Waals surface area contributed by atoms with Crippen LogP contribution in [0.15, 0.2) is 42.6 Å². The lowest BCUT2D eigenvalue weighted by Gasteiger charge is -2.19. The maximum absolute atomic E-state index is 12.3. The second-order valence-electron chi connectivity index (χ2n) is 6.68. The van der Waals surface area contributed by atoms with Crippen molar-refractivity contribution < 1.29 is 19.0 Å². The minimum atomic E-state index is -0.0444. The van der Waals surface area contributed by atoms with Gasteiger partial charge in [-0.05, 0) is 30.7 Å². The predicted molar refractivity (Wildman–Crippen MR) is 99.9 cm³/mol. The Hall–Kier alpha value is -2.64. The number of amides is 1. The lowest BCUT2D eigenvalue weighted by atomic mass is 10.2. The van der Waals surface area contributed by atoms with E-state index in [-0.39, 0.29) is 12.0 Å². The van der Waals surface area contributed by atoms with Crippen LogP contribution in [0.1, 0.15) is 12.1 Å². The molecule has 1 aromatic carbocycles. The number of fused-ring (bicyclic) bond motifs is 1. The molecule has 1 amide bonds. The van der Waals surface area contributed by atoms with Crippen molar-refractivity contribution in [3.05, 3.63) is 48.3 Å². The van der Waals surface area contributed by atoms with Crippen molar-refractivity contribution in [2.24, 2.45) is 0 Å². The first-order chi connectivity index (χ1) is 13.3. The predicted octanol–water partition coefficient (Wildman–Crippen LogP) is 2.08. The molecule has 2 aliphatic rings. The van der Waals surface area contributed by atoms with Crippen LogP contribution >= 0.6 is 0 Å². The molecule has 1 saturated heterocycles. The number of hydrogen-bond donors (Lipinski definition) is 1. The van der Waals surface area contributed by atoms with Gasteiger partial charge in [0.05, 0.1) is 24.9 Å². The number of benzene rings is 1.